The SMILES string of the molecule is O=c1ccn2[nH]c(C3CCCS3)nc2c1. The van der Waals surface area contributed by atoms with Gasteiger partial charge in [0.2, 0.25) is 0 Å². The van der Waals surface area contributed by atoms with Crippen LogP contribution in [0.25, 0.3) is 5.65 Å². The van der Waals surface area contributed by atoms with E-state index >= 15 is 0 Å². The first kappa shape index (κ1) is 9.03. The van der Waals surface area contributed by atoms with Crippen LogP contribution in [0.2, 0.25) is 0 Å². The molecule has 1 atom stereocenters. The molecule has 0 spiro atoms. The van der Waals surface area contributed by atoms with Gasteiger partial charge in [0.1, 0.15) is 5.82 Å². The van der Waals surface area contributed by atoms with E-state index in [-0.39, 0.29) is 5.43 Å². The monoisotopic (exact) mass is 221 g/mol. The number of aromatic amines is 1. The number of hydrogen-bond donors (Lipinski definition) is 1. The third-order valence-electron chi connectivity index (χ3n) is 2.61. The summed E-state index contributed by atoms with van der Waals surface area (Å²) in [6.45, 7) is 0. The zero-order valence-electron chi connectivity index (χ0n) is 8.14. The third kappa shape index (κ3) is 1.56. The average Bonchev–Trinajstić information content (AvgIpc) is 2.84. The van der Waals surface area contributed by atoms with E-state index in [0.717, 1.165) is 5.82 Å². The highest BCUT2D eigenvalue weighted by Crippen LogP contribution is 2.38. The fourth-order valence-corrected chi connectivity index (χ4v) is 3.07. The van der Waals surface area contributed by atoms with E-state index in [1.54, 1.807) is 16.8 Å². The summed E-state index contributed by atoms with van der Waals surface area (Å²) >= 11 is 1.93. The lowest BCUT2D eigenvalue weighted by Gasteiger charge is -2.01. The summed E-state index contributed by atoms with van der Waals surface area (Å²) in [5.74, 6) is 2.20. The lowest BCUT2D eigenvalue weighted by molar-refractivity contribution is 0.770. The summed E-state index contributed by atoms with van der Waals surface area (Å²) in [4.78, 5) is 15.6. The Bertz CT molecular complexity index is 539. The number of rotatable bonds is 1. The van der Waals surface area contributed by atoms with Gasteiger partial charge in [0.15, 0.2) is 11.1 Å². The number of nitrogens with zero attached hydrogens (tertiary/aromatic N) is 2. The summed E-state index contributed by atoms with van der Waals surface area (Å²) in [6, 6.07) is 3.09. The van der Waals surface area contributed by atoms with Crippen molar-refractivity contribution in [2.24, 2.45) is 0 Å². The molecule has 3 heterocycles. The van der Waals surface area contributed by atoms with E-state index in [9.17, 15) is 4.79 Å². The fraction of sp³-hybridized carbons (Fsp3) is 0.400. The number of nitrogens with one attached hydrogen (secondary N) is 1. The highest BCUT2D eigenvalue weighted by atomic mass is 32.2. The van der Waals surface area contributed by atoms with E-state index in [4.69, 9.17) is 0 Å². The van der Waals surface area contributed by atoms with Gasteiger partial charge >= 0.3 is 0 Å². The van der Waals surface area contributed by atoms with Gasteiger partial charge in [0.05, 0.1) is 5.25 Å². The number of hydrogen-bond acceptors (Lipinski definition) is 3. The smallest absolute Gasteiger partial charge is 0.183 e. The molecular weight excluding hydrogens is 210 g/mol. The molecule has 1 N–H and O–H groups in total. The predicted octanol–water partition coefficient (Wildman–Crippen LogP) is 1.59. The number of pyridine rings is 1. The molecule has 1 saturated heterocycles. The van der Waals surface area contributed by atoms with Crippen LogP contribution in [0.4, 0.5) is 0 Å². The second-order valence-electron chi connectivity index (χ2n) is 3.70. The van der Waals surface area contributed by atoms with Crippen LogP contribution in [0.15, 0.2) is 23.1 Å². The first-order chi connectivity index (χ1) is 7.33. The summed E-state index contributed by atoms with van der Waals surface area (Å²) < 4.78 is 1.80. The van der Waals surface area contributed by atoms with Crippen molar-refractivity contribution in [1.29, 1.82) is 0 Å². The summed E-state index contributed by atoms with van der Waals surface area (Å²) in [6.07, 6.45) is 4.16. The standard InChI is InChI=1S/C10H11N3OS/c14-7-3-4-13-9(6-7)11-10(12-13)8-2-1-5-15-8/h3-4,6,8H,1-2,5H2,(H,11,12). The second-order valence-corrected chi connectivity index (χ2v) is 5.01. The molecule has 0 amide bonds. The lowest BCUT2D eigenvalue weighted by atomic mass is 10.2. The molecule has 1 fully saturated rings. The Morgan fingerprint density at radius 3 is 3.33 bits per heavy atom. The van der Waals surface area contributed by atoms with Gasteiger partial charge in [-0.05, 0) is 18.6 Å². The molecule has 0 aromatic carbocycles. The van der Waals surface area contributed by atoms with Crippen LogP contribution >= 0.6 is 11.8 Å². The molecule has 15 heavy (non-hydrogen) atoms. The van der Waals surface area contributed by atoms with Crippen LogP contribution < -0.4 is 5.43 Å². The minimum absolute atomic E-state index is 0.00660. The predicted molar refractivity (Wildman–Crippen MR) is 60.2 cm³/mol. The van der Waals surface area contributed by atoms with E-state index < -0.39 is 0 Å². The molecule has 1 aliphatic heterocycles. The minimum atomic E-state index is 0.00660. The molecule has 1 aliphatic rings. The summed E-state index contributed by atoms with van der Waals surface area (Å²) in [5, 5.41) is 3.68. The highest BCUT2D eigenvalue weighted by molar-refractivity contribution is 7.99. The van der Waals surface area contributed by atoms with Crippen LogP contribution in [-0.2, 0) is 0 Å². The van der Waals surface area contributed by atoms with Crippen molar-refractivity contribution in [3.63, 3.8) is 0 Å². The second kappa shape index (κ2) is 3.41. The summed E-state index contributed by atoms with van der Waals surface area (Å²) in [5.41, 5.74) is 0.720. The van der Waals surface area contributed by atoms with Gasteiger partial charge in [-0.25, -0.2) is 9.50 Å². The number of H-pyrrole nitrogens is 1. The molecule has 5 heteroatoms. The van der Waals surface area contributed by atoms with Gasteiger partial charge in [-0.3, -0.25) is 9.89 Å². The van der Waals surface area contributed by atoms with Gasteiger partial charge in [-0.1, -0.05) is 0 Å². The van der Waals surface area contributed by atoms with Crippen molar-refractivity contribution in [3.05, 3.63) is 34.4 Å². The van der Waals surface area contributed by atoms with Crippen LogP contribution in [-0.4, -0.2) is 20.4 Å². The first-order valence-corrected chi connectivity index (χ1v) is 6.08. The van der Waals surface area contributed by atoms with Crippen molar-refractivity contribution in [2.75, 3.05) is 5.75 Å². The number of fused-ring (bicyclic) bond motifs is 1. The Morgan fingerprint density at radius 1 is 1.60 bits per heavy atom. The molecule has 0 radical (unpaired) electrons. The lowest BCUT2D eigenvalue weighted by Crippen LogP contribution is -1.98. The van der Waals surface area contributed by atoms with E-state index in [1.165, 1.54) is 24.7 Å². The van der Waals surface area contributed by atoms with Crippen LogP contribution in [0.1, 0.15) is 23.9 Å². The van der Waals surface area contributed by atoms with Crippen molar-refractivity contribution < 1.29 is 0 Å². The molecule has 78 valence electrons. The Morgan fingerprint density at radius 2 is 2.53 bits per heavy atom. The molecule has 2 aromatic heterocycles. The fourth-order valence-electron chi connectivity index (χ4n) is 1.86. The molecule has 1 unspecified atom stereocenters. The third-order valence-corrected chi connectivity index (χ3v) is 4.00. The number of aromatic nitrogens is 3. The molecule has 0 bridgehead atoms. The van der Waals surface area contributed by atoms with Gasteiger partial charge in [-0.15, -0.1) is 0 Å². The Kier molecular flexibility index (Phi) is 2.05. The topological polar surface area (TPSA) is 50.2 Å². The number of thioether (sulfide) groups is 1. The zero-order valence-corrected chi connectivity index (χ0v) is 8.96. The molecule has 0 aliphatic carbocycles. The Balaban J connectivity index is 2.09. The molecular formula is C10H11N3OS. The van der Waals surface area contributed by atoms with Crippen molar-refractivity contribution in [1.82, 2.24) is 14.6 Å². The Hall–Kier alpha value is -1.23. The van der Waals surface area contributed by atoms with Gasteiger partial charge in [0.25, 0.3) is 0 Å². The van der Waals surface area contributed by atoms with Crippen LogP contribution in [0, 0.1) is 0 Å². The van der Waals surface area contributed by atoms with Crippen LogP contribution in [0.3, 0.4) is 0 Å². The normalized spacial score (nSPS) is 21.2. The average molecular weight is 221 g/mol. The van der Waals surface area contributed by atoms with Gasteiger partial charge in [-0.2, -0.15) is 11.8 Å². The zero-order chi connectivity index (χ0) is 10.3. The Labute approximate surface area is 90.7 Å². The first-order valence-electron chi connectivity index (χ1n) is 5.03. The van der Waals surface area contributed by atoms with E-state index in [0.29, 0.717) is 10.9 Å². The van der Waals surface area contributed by atoms with Gasteiger partial charge in [0, 0.05) is 18.3 Å². The maximum atomic E-state index is 11.1. The van der Waals surface area contributed by atoms with Gasteiger partial charge < -0.3 is 0 Å². The minimum Gasteiger partial charge on any atom is -0.290 e. The molecule has 2 aromatic rings. The summed E-state index contributed by atoms with van der Waals surface area (Å²) in [7, 11) is 0. The van der Waals surface area contributed by atoms with Crippen molar-refractivity contribution in [2.45, 2.75) is 18.1 Å². The highest BCUT2D eigenvalue weighted by Gasteiger charge is 2.20. The van der Waals surface area contributed by atoms with Crippen molar-refractivity contribution >= 4 is 17.4 Å². The maximum Gasteiger partial charge on any atom is 0.183 e. The van der Waals surface area contributed by atoms with Crippen LogP contribution in [0.5, 0.6) is 0 Å². The molecule has 0 saturated carbocycles. The quantitative estimate of drug-likeness (QED) is 0.795. The maximum absolute atomic E-state index is 11.1. The molecule has 3 rings (SSSR count). The van der Waals surface area contributed by atoms with E-state index in [1.807, 2.05) is 11.8 Å². The van der Waals surface area contributed by atoms with Crippen molar-refractivity contribution in [3.8, 4) is 0 Å². The van der Waals surface area contributed by atoms with E-state index in [2.05, 4.69) is 10.1 Å². The molecule has 4 nitrogen and oxygen atoms in total. The largest absolute Gasteiger partial charge is 0.290 e.